The van der Waals surface area contributed by atoms with Crippen molar-refractivity contribution < 1.29 is 28.7 Å². The number of nitrogens with one attached hydrogen (secondary N) is 3. The fourth-order valence-corrected chi connectivity index (χ4v) is 7.79. The van der Waals surface area contributed by atoms with Gasteiger partial charge in [-0.15, -0.1) is 0 Å². The highest BCUT2D eigenvalue weighted by Crippen LogP contribution is 2.40. The normalized spacial score (nSPS) is 14.6. The maximum absolute atomic E-state index is 13.1. The number of hydrogen-bond acceptors (Lipinski definition) is 8. The van der Waals surface area contributed by atoms with Crippen molar-refractivity contribution in [2.75, 3.05) is 42.1 Å². The van der Waals surface area contributed by atoms with E-state index in [0.717, 1.165) is 52.2 Å². The van der Waals surface area contributed by atoms with Crippen molar-refractivity contribution in [3.63, 3.8) is 0 Å². The molecule has 4 aromatic rings. The van der Waals surface area contributed by atoms with Crippen LogP contribution in [-0.2, 0) is 18.8 Å². The van der Waals surface area contributed by atoms with E-state index in [1.54, 1.807) is 18.2 Å². The van der Waals surface area contributed by atoms with E-state index in [9.17, 15) is 19.5 Å². The van der Waals surface area contributed by atoms with Gasteiger partial charge in [-0.1, -0.05) is 75.4 Å². The number of benzene rings is 4. The first kappa shape index (κ1) is 42.8. The number of rotatable bonds is 15. The SMILES string of the molecule is Cc1cc(NC(=O)CCN2CCC(OC(=O)Nc3ccccc3-c3ccccc3)CC2)c(C)cc1/C=N/C[C@H](O[Si](C)(C)C(C)(C)C)c1ccc(O)c(NC=O)c1. The first-order valence-corrected chi connectivity index (χ1v) is 22.5. The van der Waals surface area contributed by atoms with Gasteiger partial charge in [-0.05, 0) is 103 Å². The summed E-state index contributed by atoms with van der Waals surface area (Å²) in [6.07, 6.45) is 3.09. The van der Waals surface area contributed by atoms with E-state index in [1.807, 2.05) is 86.8 Å². The molecule has 57 heavy (non-hydrogen) atoms. The molecule has 12 heteroatoms. The minimum Gasteiger partial charge on any atom is -0.506 e. The van der Waals surface area contributed by atoms with Crippen LogP contribution in [0.1, 0.15) is 68.4 Å². The number of nitrogens with zero attached hydrogens (tertiary/aromatic N) is 2. The van der Waals surface area contributed by atoms with Crippen LogP contribution in [0, 0.1) is 13.8 Å². The van der Waals surface area contributed by atoms with Crippen LogP contribution >= 0.6 is 0 Å². The number of carbonyl (C=O) groups is 3. The number of anilines is 3. The molecule has 1 fully saturated rings. The molecule has 4 aromatic carbocycles. The Bertz CT molecular complexity index is 2040. The third-order valence-electron chi connectivity index (χ3n) is 11.0. The number of carbonyl (C=O) groups excluding carboxylic acids is 3. The highest BCUT2D eigenvalue weighted by atomic mass is 28.4. The Kier molecular flexibility index (Phi) is 14.4. The summed E-state index contributed by atoms with van der Waals surface area (Å²) in [6, 6.07) is 26.7. The Morgan fingerprint density at radius 3 is 2.32 bits per heavy atom. The molecule has 0 radical (unpaired) electrons. The average Bonchev–Trinajstić information content (AvgIpc) is 3.17. The fourth-order valence-electron chi connectivity index (χ4n) is 6.51. The van der Waals surface area contributed by atoms with E-state index < -0.39 is 14.4 Å². The number of aliphatic imine (C=N–C) groups is 1. The van der Waals surface area contributed by atoms with Crippen LogP contribution in [0.2, 0.25) is 18.1 Å². The number of hydrogen-bond donors (Lipinski definition) is 4. The Hall–Kier alpha value is -5.30. The fraction of sp³-hybridized carbons (Fsp3) is 0.378. The van der Waals surface area contributed by atoms with Gasteiger partial charge in [0.05, 0.1) is 24.0 Å². The van der Waals surface area contributed by atoms with E-state index in [0.29, 0.717) is 50.1 Å². The third-order valence-corrected chi connectivity index (χ3v) is 15.4. The lowest BCUT2D eigenvalue weighted by Crippen LogP contribution is -2.42. The summed E-state index contributed by atoms with van der Waals surface area (Å²) in [7, 11) is -2.21. The van der Waals surface area contributed by atoms with Crippen LogP contribution < -0.4 is 16.0 Å². The number of aryl methyl sites for hydroxylation is 2. The first-order chi connectivity index (χ1) is 27.1. The number of likely N-dealkylation sites (tertiary alicyclic amines) is 1. The first-order valence-electron chi connectivity index (χ1n) is 19.6. The van der Waals surface area contributed by atoms with Gasteiger partial charge < -0.3 is 29.8 Å². The van der Waals surface area contributed by atoms with Crippen molar-refractivity contribution in [1.82, 2.24) is 4.90 Å². The smallest absolute Gasteiger partial charge is 0.411 e. The van der Waals surface area contributed by atoms with Crippen molar-refractivity contribution in [1.29, 1.82) is 0 Å². The molecular formula is C45H57N5O6Si. The van der Waals surface area contributed by atoms with Crippen LogP contribution in [0.3, 0.4) is 0 Å². The number of amides is 3. The summed E-state index contributed by atoms with van der Waals surface area (Å²) >= 11 is 0. The Morgan fingerprint density at radius 1 is 0.912 bits per heavy atom. The number of phenols is 1. The topological polar surface area (TPSA) is 142 Å². The van der Waals surface area contributed by atoms with Gasteiger partial charge in [0.1, 0.15) is 11.9 Å². The molecule has 1 heterocycles. The molecule has 0 bridgehead atoms. The summed E-state index contributed by atoms with van der Waals surface area (Å²) in [5, 5.41) is 18.8. The highest BCUT2D eigenvalue weighted by molar-refractivity contribution is 6.74. The van der Waals surface area contributed by atoms with Gasteiger partial charge >= 0.3 is 6.09 Å². The van der Waals surface area contributed by atoms with Gasteiger partial charge in [0.25, 0.3) is 0 Å². The van der Waals surface area contributed by atoms with Crippen LogP contribution in [0.5, 0.6) is 5.75 Å². The second kappa shape index (κ2) is 19.2. The molecule has 0 spiro atoms. The second-order valence-corrected chi connectivity index (χ2v) is 21.0. The Morgan fingerprint density at radius 2 is 1.61 bits per heavy atom. The summed E-state index contributed by atoms with van der Waals surface area (Å²) in [6.45, 7) is 17.3. The summed E-state index contributed by atoms with van der Waals surface area (Å²) in [4.78, 5) is 44.1. The van der Waals surface area contributed by atoms with E-state index >= 15 is 0 Å². The van der Waals surface area contributed by atoms with Crippen LogP contribution in [0.25, 0.3) is 11.1 Å². The Balaban J connectivity index is 1.11. The molecule has 5 rings (SSSR count). The maximum Gasteiger partial charge on any atom is 0.411 e. The van der Waals surface area contributed by atoms with E-state index in [1.165, 1.54) is 0 Å². The van der Waals surface area contributed by atoms with Gasteiger partial charge in [-0.2, -0.15) is 0 Å². The zero-order valence-electron chi connectivity index (χ0n) is 34.2. The Labute approximate surface area is 338 Å². The molecule has 0 aromatic heterocycles. The monoisotopic (exact) mass is 791 g/mol. The standard InChI is InChI=1S/C45H57N5O6Si/c1-31-26-39(32(2)25-35(31)28-46-29-42(56-57(6,7)45(3,4)5)34-17-18-41(52)40(27-34)47-30-51)48-43(53)21-24-50-22-19-36(20-23-50)55-44(54)49-38-16-12-11-15-37(38)33-13-9-8-10-14-33/h8-18,25-28,30,36,42,52H,19-24,29H2,1-7H3,(H,47,51)(H,48,53)(H,49,54)/b46-28+/t42-/m0/s1. The summed E-state index contributed by atoms with van der Waals surface area (Å²) in [5.41, 5.74) is 7.38. The average molecular weight is 792 g/mol. The third kappa shape index (κ3) is 11.9. The molecule has 1 aliphatic rings. The van der Waals surface area contributed by atoms with Crippen molar-refractivity contribution >= 4 is 50.0 Å². The molecule has 11 nitrogen and oxygen atoms in total. The van der Waals surface area contributed by atoms with Crippen molar-refractivity contribution in [3.05, 3.63) is 107 Å². The number of phenolic OH excluding ortho intramolecular Hbond substituents is 1. The van der Waals surface area contributed by atoms with Gasteiger partial charge in [0.15, 0.2) is 8.32 Å². The zero-order valence-corrected chi connectivity index (χ0v) is 35.2. The number of aromatic hydroxyl groups is 1. The molecule has 0 aliphatic carbocycles. The van der Waals surface area contributed by atoms with E-state index in [2.05, 4.69) is 54.7 Å². The summed E-state index contributed by atoms with van der Waals surface area (Å²) in [5.74, 6) is -0.0780. The minimum absolute atomic E-state index is 0.0193. The van der Waals surface area contributed by atoms with Crippen molar-refractivity contribution in [3.8, 4) is 16.9 Å². The lowest BCUT2D eigenvalue weighted by molar-refractivity contribution is -0.116. The molecule has 4 N–H and O–H groups in total. The van der Waals surface area contributed by atoms with Gasteiger partial charge in [-0.3, -0.25) is 19.9 Å². The van der Waals surface area contributed by atoms with Crippen LogP contribution in [0.4, 0.5) is 21.9 Å². The van der Waals surface area contributed by atoms with Gasteiger partial charge in [0.2, 0.25) is 12.3 Å². The summed E-state index contributed by atoms with van der Waals surface area (Å²) < 4.78 is 12.6. The van der Waals surface area contributed by atoms with E-state index in [4.69, 9.17) is 14.2 Å². The largest absolute Gasteiger partial charge is 0.506 e. The van der Waals surface area contributed by atoms with Crippen LogP contribution in [0.15, 0.2) is 89.9 Å². The molecule has 0 saturated carbocycles. The second-order valence-electron chi connectivity index (χ2n) is 16.2. The molecule has 0 unspecified atom stereocenters. The molecule has 302 valence electrons. The molecule has 1 saturated heterocycles. The van der Waals surface area contributed by atoms with Crippen LogP contribution in [-0.4, -0.2) is 75.2 Å². The zero-order chi connectivity index (χ0) is 41.2. The molecule has 1 aliphatic heterocycles. The van der Waals surface area contributed by atoms with Gasteiger partial charge in [-0.25, -0.2) is 4.79 Å². The minimum atomic E-state index is -2.21. The van der Waals surface area contributed by atoms with Crippen molar-refractivity contribution in [2.24, 2.45) is 4.99 Å². The molecular weight excluding hydrogens is 735 g/mol. The lowest BCUT2D eigenvalue weighted by Gasteiger charge is -2.39. The highest BCUT2D eigenvalue weighted by Gasteiger charge is 2.39. The van der Waals surface area contributed by atoms with E-state index in [-0.39, 0.29) is 28.9 Å². The lowest BCUT2D eigenvalue weighted by atomic mass is 10.0. The quantitative estimate of drug-likeness (QED) is 0.0407. The van der Waals surface area contributed by atoms with Gasteiger partial charge in [0, 0.05) is 43.5 Å². The van der Waals surface area contributed by atoms with Crippen molar-refractivity contribution in [2.45, 2.75) is 84.2 Å². The predicted octanol–water partition coefficient (Wildman–Crippen LogP) is 9.47. The number of para-hydroxylation sites is 1. The predicted molar refractivity (Wildman–Crippen MR) is 232 cm³/mol. The maximum atomic E-state index is 13.1. The number of ether oxygens (including phenoxy) is 1. The molecule has 3 amide bonds. The number of piperidine rings is 1. The molecule has 1 atom stereocenters.